The van der Waals surface area contributed by atoms with E-state index in [0.29, 0.717) is 28.5 Å². The normalized spacial score (nSPS) is 15.7. The predicted molar refractivity (Wildman–Crippen MR) is 161 cm³/mol. The van der Waals surface area contributed by atoms with Crippen molar-refractivity contribution in [3.63, 3.8) is 0 Å². The van der Waals surface area contributed by atoms with Crippen LogP contribution in [-0.4, -0.2) is 29.3 Å². The summed E-state index contributed by atoms with van der Waals surface area (Å²) in [6.07, 6.45) is 0.0585. The lowest BCUT2D eigenvalue weighted by atomic mass is 9.83. The number of amides is 2. The van der Waals surface area contributed by atoms with Crippen molar-refractivity contribution in [3.8, 4) is 11.5 Å². The number of benzene rings is 3. The Morgan fingerprint density at radius 3 is 2.37 bits per heavy atom. The highest BCUT2D eigenvalue weighted by Gasteiger charge is 2.37. The molecule has 2 amide bonds. The number of nitrogens with one attached hydrogen (secondary N) is 1. The Hall–Kier alpha value is -5.11. The molecule has 0 saturated heterocycles. The van der Waals surface area contributed by atoms with E-state index in [1.165, 1.54) is 4.90 Å². The first-order valence-corrected chi connectivity index (χ1v) is 14.3. The van der Waals surface area contributed by atoms with Crippen LogP contribution < -0.4 is 10.1 Å². The molecule has 2 unspecified atom stereocenters. The van der Waals surface area contributed by atoms with Crippen LogP contribution in [0.4, 0.5) is 0 Å². The van der Waals surface area contributed by atoms with Crippen molar-refractivity contribution in [1.82, 2.24) is 10.2 Å². The molecule has 8 nitrogen and oxygen atoms in total. The summed E-state index contributed by atoms with van der Waals surface area (Å²) in [6.45, 7) is 5.65. The SMILES string of the molecule is CCOC(=O)C1=C(C)N(Cc2ccc(C(=O)NC(C)c3ccccc3)o2)C(=O)CC1c1cccc(Oc2ccccc2)c1. The Bertz CT molecular complexity index is 1630. The number of ether oxygens (including phenoxy) is 2. The van der Waals surface area contributed by atoms with Crippen LogP contribution in [0.3, 0.4) is 0 Å². The summed E-state index contributed by atoms with van der Waals surface area (Å²) in [7, 11) is 0. The third kappa shape index (κ3) is 6.86. The quantitative estimate of drug-likeness (QED) is 0.205. The molecule has 1 aliphatic rings. The molecule has 4 aromatic rings. The van der Waals surface area contributed by atoms with Crippen LogP contribution in [0.15, 0.2) is 113 Å². The second-order valence-electron chi connectivity index (χ2n) is 10.3. The van der Waals surface area contributed by atoms with Crippen molar-refractivity contribution in [2.24, 2.45) is 0 Å². The maximum Gasteiger partial charge on any atom is 0.336 e. The molecule has 2 heterocycles. The second kappa shape index (κ2) is 13.2. The number of esters is 1. The number of hydrogen-bond donors (Lipinski definition) is 1. The highest BCUT2D eigenvalue weighted by atomic mass is 16.5. The third-order valence-corrected chi connectivity index (χ3v) is 7.40. The average Bonchev–Trinajstić information content (AvgIpc) is 3.49. The van der Waals surface area contributed by atoms with Crippen LogP contribution in [-0.2, 0) is 20.9 Å². The van der Waals surface area contributed by atoms with E-state index in [1.807, 2.05) is 91.9 Å². The summed E-state index contributed by atoms with van der Waals surface area (Å²) in [4.78, 5) is 41.2. The van der Waals surface area contributed by atoms with E-state index in [0.717, 1.165) is 11.1 Å². The summed E-state index contributed by atoms with van der Waals surface area (Å²) < 4.78 is 17.3. The second-order valence-corrected chi connectivity index (χ2v) is 10.3. The van der Waals surface area contributed by atoms with Crippen LogP contribution >= 0.6 is 0 Å². The number of carbonyl (C=O) groups excluding carboxylic acids is 3. The van der Waals surface area contributed by atoms with E-state index >= 15 is 0 Å². The van der Waals surface area contributed by atoms with Gasteiger partial charge in [-0.15, -0.1) is 0 Å². The van der Waals surface area contributed by atoms with E-state index in [9.17, 15) is 14.4 Å². The summed E-state index contributed by atoms with van der Waals surface area (Å²) in [6, 6.07) is 29.5. The molecular weight excluding hydrogens is 544 g/mol. The molecule has 2 atom stereocenters. The van der Waals surface area contributed by atoms with Crippen molar-refractivity contribution in [3.05, 3.63) is 131 Å². The van der Waals surface area contributed by atoms with Gasteiger partial charge in [0.25, 0.3) is 5.91 Å². The molecule has 8 heteroatoms. The Balaban J connectivity index is 1.37. The van der Waals surface area contributed by atoms with Crippen molar-refractivity contribution in [2.75, 3.05) is 6.61 Å². The van der Waals surface area contributed by atoms with Gasteiger partial charge in [0.2, 0.25) is 5.91 Å². The average molecular weight is 579 g/mol. The highest BCUT2D eigenvalue weighted by Crippen LogP contribution is 2.39. The lowest BCUT2D eigenvalue weighted by Crippen LogP contribution is -2.38. The van der Waals surface area contributed by atoms with E-state index in [2.05, 4.69) is 5.32 Å². The van der Waals surface area contributed by atoms with Gasteiger partial charge in [-0.25, -0.2) is 4.79 Å². The van der Waals surface area contributed by atoms with Crippen molar-refractivity contribution in [1.29, 1.82) is 0 Å². The Kier molecular flexibility index (Phi) is 9.05. The zero-order valence-electron chi connectivity index (χ0n) is 24.4. The van der Waals surface area contributed by atoms with Crippen LogP contribution in [0.1, 0.15) is 66.6 Å². The smallest absolute Gasteiger partial charge is 0.336 e. The molecule has 43 heavy (non-hydrogen) atoms. The van der Waals surface area contributed by atoms with Gasteiger partial charge < -0.3 is 24.1 Å². The molecule has 0 bridgehead atoms. The van der Waals surface area contributed by atoms with Crippen LogP contribution in [0, 0.1) is 0 Å². The van der Waals surface area contributed by atoms with Crippen LogP contribution in [0.5, 0.6) is 11.5 Å². The largest absolute Gasteiger partial charge is 0.463 e. The first-order valence-electron chi connectivity index (χ1n) is 14.3. The Morgan fingerprint density at radius 2 is 1.65 bits per heavy atom. The summed E-state index contributed by atoms with van der Waals surface area (Å²) in [5, 5.41) is 2.93. The van der Waals surface area contributed by atoms with E-state index < -0.39 is 11.9 Å². The van der Waals surface area contributed by atoms with E-state index in [4.69, 9.17) is 13.9 Å². The zero-order valence-corrected chi connectivity index (χ0v) is 24.4. The lowest BCUT2D eigenvalue weighted by Gasteiger charge is -2.34. The minimum Gasteiger partial charge on any atom is -0.463 e. The molecule has 0 fully saturated rings. The Labute approximate surface area is 250 Å². The van der Waals surface area contributed by atoms with Gasteiger partial charge in [0, 0.05) is 18.0 Å². The van der Waals surface area contributed by atoms with Crippen LogP contribution in [0.25, 0.3) is 0 Å². The van der Waals surface area contributed by atoms with Crippen molar-refractivity contribution >= 4 is 17.8 Å². The third-order valence-electron chi connectivity index (χ3n) is 7.40. The summed E-state index contributed by atoms with van der Waals surface area (Å²) in [5.41, 5.74) is 2.63. The monoisotopic (exact) mass is 578 g/mol. The maximum absolute atomic E-state index is 13.5. The fourth-order valence-corrected chi connectivity index (χ4v) is 5.21. The molecule has 220 valence electrons. The standard InChI is InChI=1S/C35H34N2O6/c1-4-41-35(40)33-24(3)37(22-29-18-19-31(43-29)34(39)36-23(2)25-12-7-5-8-13-25)32(38)21-30(33)26-14-11-17-28(20-26)42-27-15-9-6-10-16-27/h5-20,23,30H,4,21-22H2,1-3H3,(H,36,39). The minimum absolute atomic E-state index is 0.0585. The highest BCUT2D eigenvalue weighted by molar-refractivity contribution is 5.96. The fourth-order valence-electron chi connectivity index (χ4n) is 5.21. The Morgan fingerprint density at radius 1 is 0.953 bits per heavy atom. The number of furan rings is 1. The van der Waals surface area contributed by atoms with Gasteiger partial charge in [-0.3, -0.25) is 9.59 Å². The van der Waals surface area contributed by atoms with Gasteiger partial charge >= 0.3 is 5.97 Å². The van der Waals surface area contributed by atoms with Crippen LogP contribution in [0.2, 0.25) is 0 Å². The molecule has 0 radical (unpaired) electrons. The number of allylic oxidation sites excluding steroid dienone is 1. The molecule has 0 aliphatic carbocycles. The summed E-state index contributed by atoms with van der Waals surface area (Å²) in [5.74, 6) is 0.319. The first kappa shape index (κ1) is 29.4. The predicted octanol–water partition coefficient (Wildman–Crippen LogP) is 6.92. The number of carbonyl (C=O) groups is 3. The fraction of sp³-hybridized carbons (Fsp3) is 0.229. The topological polar surface area (TPSA) is 98.1 Å². The van der Waals surface area contributed by atoms with Gasteiger partial charge in [-0.2, -0.15) is 0 Å². The first-order chi connectivity index (χ1) is 20.8. The van der Waals surface area contributed by atoms with E-state index in [-0.39, 0.29) is 43.2 Å². The number of hydrogen-bond acceptors (Lipinski definition) is 6. The zero-order chi connectivity index (χ0) is 30.3. The van der Waals surface area contributed by atoms with Gasteiger partial charge in [0.1, 0.15) is 17.3 Å². The van der Waals surface area contributed by atoms with Gasteiger partial charge in [0.05, 0.1) is 24.8 Å². The number of rotatable bonds is 10. The lowest BCUT2D eigenvalue weighted by molar-refractivity contribution is -0.140. The van der Waals surface area contributed by atoms with Crippen molar-refractivity contribution < 1.29 is 28.3 Å². The maximum atomic E-state index is 13.5. The van der Waals surface area contributed by atoms with E-state index in [1.54, 1.807) is 26.0 Å². The number of nitrogens with zero attached hydrogens (tertiary/aromatic N) is 1. The molecule has 0 saturated carbocycles. The molecule has 5 rings (SSSR count). The number of para-hydroxylation sites is 1. The van der Waals surface area contributed by atoms with Crippen molar-refractivity contribution in [2.45, 2.75) is 45.7 Å². The van der Waals surface area contributed by atoms with Gasteiger partial charge in [-0.1, -0.05) is 60.7 Å². The van der Waals surface area contributed by atoms with Gasteiger partial charge in [-0.05, 0) is 68.3 Å². The molecule has 1 aliphatic heterocycles. The molecule has 1 N–H and O–H groups in total. The molecule has 1 aromatic heterocycles. The molecule has 3 aromatic carbocycles. The molecule has 0 spiro atoms. The summed E-state index contributed by atoms with van der Waals surface area (Å²) >= 11 is 0. The molecular formula is C35H34N2O6. The van der Waals surface area contributed by atoms with Gasteiger partial charge in [0.15, 0.2) is 5.76 Å². The minimum atomic E-state index is -0.514.